The predicted molar refractivity (Wildman–Crippen MR) is 138 cm³/mol. The average Bonchev–Trinajstić information content (AvgIpc) is 3.49. The zero-order valence-electron chi connectivity index (χ0n) is 19.4. The fraction of sp³-hybridized carbons (Fsp3) is 0.348. The summed E-state index contributed by atoms with van der Waals surface area (Å²) in [4.78, 5) is 15.0. The zero-order valence-corrected chi connectivity index (χ0v) is 21.0. The van der Waals surface area contributed by atoms with Crippen LogP contribution in [-0.2, 0) is 29.5 Å². The number of rotatable bonds is 12. The minimum atomic E-state index is -3.68. The van der Waals surface area contributed by atoms with Crippen LogP contribution in [0, 0.1) is 0 Å². The summed E-state index contributed by atoms with van der Waals surface area (Å²) in [7, 11) is -3.68. The monoisotopic (exact) mass is 515 g/mol. The van der Waals surface area contributed by atoms with Crippen molar-refractivity contribution in [3.8, 4) is 0 Å². The summed E-state index contributed by atoms with van der Waals surface area (Å²) in [6, 6.07) is 11.5. The molecule has 35 heavy (non-hydrogen) atoms. The molecule has 186 valence electrons. The highest BCUT2D eigenvalue weighted by atomic mass is 32.2. The van der Waals surface area contributed by atoms with Crippen molar-refractivity contribution < 1.29 is 13.5 Å². The van der Waals surface area contributed by atoms with Gasteiger partial charge in [-0.2, -0.15) is 9.97 Å². The van der Waals surface area contributed by atoms with Crippen molar-refractivity contribution in [2.24, 2.45) is 5.14 Å². The van der Waals surface area contributed by atoms with E-state index < -0.39 is 10.0 Å². The third-order valence-electron chi connectivity index (χ3n) is 5.59. The molecule has 10 nitrogen and oxygen atoms in total. The SMILES string of the molecule is CC[C@H](CO)Nc1nc(NCc2ccccc2)c2ncn(CCCc3cc(S(N)(=O)=O)cs3)c2n1. The number of benzene rings is 1. The number of aliphatic hydroxyl groups is 1. The van der Waals surface area contributed by atoms with Crippen LogP contribution >= 0.6 is 11.3 Å². The van der Waals surface area contributed by atoms with Gasteiger partial charge < -0.3 is 20.3 Å². The Bertz CT molecular complexity index is 1370. The molecular weight excluding hydrogens is 486 g/mol. The predicted octanol–water partition coefficient (Wildman–Crippen LogP) is 2.96. The number of sulfonamides is 1. The van der Waals surface area contributed by atoms with Gasteiger partial charge in [0.2, 0.25) is 16.0 Å². The van der Waals surface area contributed by atoms with Crippen LogP contribution in [0.1, 0.15) is 30.2 Å². The number of nitrogens with one attached hydrogen (secondary N) is 2. The largest absolute Gasteiger partial charge is 0.394 e. The Balaban J connectivity index is 1.54. The summed E-state index contributed by atoms with van der Waals surface area (Å²) >= 11 is 1.39. The highest BCUT2D eigenvalue weighted by Crippen LogP contribution is 2.24. The van der Waals surface area contributed by atoms with E-state index in [1.807, 2.05) is 41.8 Å². The van der Waals surface area contributed by atoms with E-state index in [0.717, 1.165) is 23.3 Å². The molecule has 1 atom stereocenters. The van der Waals surface area contributed by atoms with Gasteiger partial charge in [-0.15, -0.1) is 11.3 Å². The standard InChI is InChI=1S/C23H29N7O3S2/c1-2-17(13-31)27-23-28-21(25-12-16-7-4-3-5-8-16)20-22(29-23)30(15-26-20)10-6-9-18-11-19(14-34-18)35(24,32)33/h3-5,7-8,11,14-15,17,31H,2,6,9-10,12-13H2,1H3,(H2,24,32,33)(H2,25,27,28,29)/t17-/m1/s1. The fourth-order valence-electron chi connectivity index (χ4n) is 3.60. The Morgan fingerprint density at radius 3 is 2.71 bits per heavy atom. The summed E-state index contributed by atoms with van der Waals surface area (Å²) in [5, 5.41) is 23.0. The van der Waals surface area contributed by atoms with E-state index in [1.54, 1.807) is 17.8 Å². The van der Waals surface area contributed by atoms with Crippen LogP contribution in [0.3, 0.4) is 0 Å². The number of aromatic nitrogens is 4. The number of hydrogen-bond acceptors (Lipinski definition) is 9. The van der Waals surface area contributed by atoms with Crippen molar-refractivity contribution >= 4 is 44.3 Å². The van der Waals surface area contributed by atoms with Gasteiger partial charge in [0, 0.05) is 23.3 Å². The van der Waals surface area contributed by atoms with E-state index in [1.165, 1.54) is 11.3 Å². The summed E-state index contributed by atoms with van der Waals surface area (Å²) < 4.78 is 25.0. The number of anilines is 2. The van der Waals surface area contributed by atoms with Gasteiger partial charge in [-0.05, 0) is 30.9 Å². The quantitative estimate of drug-likeness (QED) is 0.225. The van der Waals surface area contributed by atoms with E-state index >= 15 is 0 Å². The number of nitrogens with two attached hydrogens (primary N) is 1. The average molecular weight is 516 g/mol. The van der Waals surface area contributed by atoms with Gasteiger partial charge in [-0.1, -0.05) is 37.3 Å². The van der Waals surface area contributed by atoms with Gasteiger partial charge in [0.05, 0.1) is 23.9 Å². The summed E-state index contributed by atoms with van der Waals surface area (Å²) in [6.45, 7) is 3.19. The van der Waals surface area contributed by atoms with Gasteiger partial charge in [0.15, 0.2) is 17.0 Å². The number of primary sulfonamides is 1. The van der Waals surface area contributed by atoms with Gasteiger partial charge in [-0.25, -0.2) is 18.5 Å². The second-order valence-corrected chi connectivity index (χ2v) is 10.7. The Labute approximate surface area is 208 Å². The lowest BCUT2D eigenvalue weighted by Crippen LogP contribution is -2.24. The molecule has 0 saturated heterocycles. The first-order chi connectivity index (χ1) is 16.9. The Hall–Kier alpha value is -3.06. The maximum Gasteiger partial charge on any atom is 0.238 e. The Kier molecular flexibility index (Phi) is 7.96. The van der Waals surface area contributed by atoms with E-state index in [0.29, 0.717) is 42.4 Å². The normalized spacial score (nSPS) is 12.7. The number of hydrogen-bond donors (Lipinski definition) is 4. The van der Waals surface area contributed by atoms with Crippen LogP contribution in [0.15, 0.2) is 53.0 Å². The molecule has 5 N–H and O–H groups in total. The van der Waals surface area contributed by atoms with Gasteiger partial charge >= 0.3 is 0 Å². The number of aliphatic hydroxyl groups excluding tert-OH is 1. The van der Waals surface area contributed by atoms with Crippen LogP contribution in [0.5, 0.6) is 0 Å². The third kappa shape index (κ3) is 6.34. The highest BCUT2D eigenvalue weighted by Gasteiger charge is 2.16. The number of imidazole rings is 1. The second kappa shape index (κ2) is 11.1. The highest BCUT2D eigenvalue weighted by molar-refractivity contribution is 7.89. The molecule has 4 rings (SSSR count). The minimum Gasteiger partial charge on any atom is -0.394 e. The third-order valence-corrected chi connectivity index (χ3v) is 7.63. The van der Waals surface area contributed by atoms with E-state index in [-0.39, 0.29) is 17.5 Å². The maximum absolute atomic E-state index is 11.5. The second-order valence-electron chi connectivity index (χ2n) is 8.17. The first-order valence-corrected chi connectivity index (χ1v) is 13.8. The molecule has 0 saturated carbocycles. The van der Waals surface area contributed by atoms with E-state index in [2.05, 4.69) is 25.6 Å². The number of aryl methyl sites for hydroxylation is 2. The summed E-state index contributed by atoms with van der Waals surface area (Å²) in [5.41, 5.74) is 2.46. The van der Waals surface area contributed by atoms with Crippen molar-refractivity contribution in [2.45, 2.75) is 50.2 Å². The van der Waals surface area contributed by atoms with Crippen LogP contribution in [0.4, 0.5) is 11.8 Å². The van der Waals surface area contributed by atoms with Crippen LogP contribution in [0.2, 0.25) is 0 Å². The molecule has 12 heteroatoms. The van der Waals surface area contributed by atoms with Crippen molar-refractivity contribution in [1.29, 1.82) is 0 Å². The first-order valence-electron chi connectivity index (χ1n) is 11.4. The molecule has 0 aliphatic carbocycles. The lowest BCUT2D eigenvalue weighted by Gasteiger charge is -2.15. The molecule has 0 unspecified atom stereocenters. The molecule has 3 heterocycles. The zero-order chi connectivity index (χ0) is 24.8. The van der Waals surface area contributed by atoms with Crippen molar-refractivity contribution in [1.82, 2.24) is 19.5 Å². The molecule has 0 amide bonds. The van der Waals surface area contributed by atoms with Gasteiger partial charge in [0.25, 0.3) is 0 Å². The molecule has 0 spiro atoms. The molecule has 0 aliphatic rings. The van der Waals surface area contributed by atoms with Crippen LogP contribution in [0.25, 0.3) is 11.2 Å². The number of nitrogens with zero attached hydrogens (tertiary/aromatic N) is 4. The molecule has 0 fully saturated rings. The summed E-state index contributed by atoms with van der Waals surface area (Å²) in [6.07, 6.45) is 3.94. The van der Waals surface area contributed by atoms with Gasteiger partial charge in [-0.3, -0.25) is 0 Å². The van der Waals surface area contributed by atoms with E-state index in [4.69, 9.17) is 5.14 Å². The Morgan fingerprint density at radius 2 is 2.03 bits per heavy atom. The van der Waals surface area contributed by atoms with Crippen molar-refractivity contribution in [3.63, 3.8) is 0 Å². The number of fused-ring (bicyclic) bond motifs is 1. The van der Waals surface area contributed by atoms with Crippen molar-refractivity contribution in [3.05, 3.63) is 58.5 Å². The number of thiophene rings is 1. The van der Waals surface area contributed by atoms with E-state index in [9.17, 15) is 13.5 Å². The van der Waals surface area contributed by atoms with Crippen LogP contribution < -0.4 is 15.8 Å². The molecule has 0 aliphatic heterocycles. The molecular formula is C23H29N7O3S2. The minimum absolute atomic E-state index is 0.0226. The molecule has 1 aromatic carbocycles. The molecule has 0 radical (unpaired) electrons. The summed E-state index contributed by atoms with van der Waals surface area (Å²) in [5.74, 6) is 1.04. The fourth-order valence-corrected chi connectivity index (χ4v) is 5.46. The lowest BCUT2D eigenvalue weighted by molar-refractivity contribution is 0.271. The Morgan fingerprint density at radius 1 is 1.23 bits per heavy atom. The molecule has 4 aromatic rings. The molecule has 0 bridgehead atoms. The van der Waals surface area contributed by atoms with Crippen molar-refractivity contribution in [2.75, 3.05) is 17.2 Å². The van der Waals surface area contributed by atoms with Gasteiger partial charge in [0.1, 0.15) is 0 Å². The lowest BCUT2D eigenvalue weighted by atomic mass is 10.2. The topological polar surface area (TPSA) is 148 Å². The van der Waals surface area contributed by atoms with Crippen LogP contribution in [-0.4, -0.2) is 45.7 Å². The first kappa shape index (κ1) is 25.0. The maximum atomic E-state index is 11.5. The smallest absolute Gasteiger partial charge is 0.238 e. The molecule has 3 aromatic heterocycles.